The van der Waals surface area contributed by atoms with Gasteiger partial charge in [0.2, 0.25) is 0 Å². The normalized spacial score (nSPS) is 11.3. The van der Waals surface area contributed by atoms with Gasteiger partial charge in [-0.1, -0.05) is 29.3 Å². The van der Waals surface area contributed by atoms with Gasteiger partial charge in [0.15, 0.2) is 17.1 Å². The number of halogens is 3. The molecule has 2 aromatic carbocycles. The molecule has 0 aliphatic heterocycles. The van der Waals surface area contributed by atoms with E-state index in [0.29, 0.717) is 0 Å². The fourth-order valence-corrected chi connectivity index (χ4v) is 2.76. The molecule has 9 heteroatoms. The number of hydrogen-bond donors (Lipinski definition) is 2. The molecule has 2 aromatic rings. The van der Waals surface area contributed by atoms with E-state index in [-0.39, 0.29) is 12.1 Å². The summed E-state index contributed by atoms with van der Waals surface area (Å²) in [5.41, 5.74) is -1.07. The molecule has 0 bridgehead atoms. The highest BCUT2D eigenvalue weighted by molar-refractivity contribution is 6.32. The number of aliphatic hydroxyl groups excluding tert-OH is 1. The van der Waals surface area contributed by atoms with Crippen molar-refractivity contribution in [2.75, 3.05) is 7.05 Å². The van der Waals surface area contributed by atoms with Crippen LogP contribution in [0.5, 0.6) is 5.75 Å². The van der Waals surface area contributed by atoms with Crippen molar-refractivity contribution in [1.82, 2.24) is 4.90 Å². The van der Waals surface area contributed by atoms with Crippen molar-refractivity contribution in [1.29, 1.82) is 10.5 Å². The van der Waals surface area contributed by atoms with E-state index < -0.39 is 50.8 Å². The molecule has 1 amide bonds. The zero-order chi connectivity index (χ0) is 21.9. The fourth-order valence-electron chi connectivity index (χ4n) is 2.55. The van der Waals surface area contributed by atoms with Crippen LogP contribution in [0, 0.1) is 41.2 Å². The molecule has 0 spiro atoms. The summed E-state index contributed by atoms with van der Waals surface area (Å²) >= 11 is 5.61. The molecule has 0 saturated carbocycles. The van der Waals surface area contributed by atoms with Crippen molar-refractivity contribution >= 4 is 23.3 Å². The Kier molecular flexibility index (Phi) is 6.42. The minimum Gasteiger partial charge on any atom is -0.506 e. The minimum atomic E-state index is -1.31. The van der Waals surface area contributed by atoms with Crippen LogP contribution in [-0.2, 0) is 11.3 Å². The second kappa shape index (κ2) is 8.59. The summed E-state index contributed by atoms with van der Waals surface area (Å²) in [7, 11) is 1.27. The molecule has 2 rings (SSSR count). The third-order valence-corrected chi connectivity index (χ3v) is 4.42. The second-order valence-corrected chi connectivity index (χ2v) is 6.53. The highest BCUT2D eigenvalue weighted by atomic mass is 35.5. The van der Waals surface area contributed by atoms with Crippen LogP contribution >= 0.6 is 11.6 Å². The Labute approximate surface area is 170 Å². The molecule has 0 atom stereocenters. The smallest absolute Gasteiger partial charge is 0.268 e. The van der Waals surface area contributed by atoms with Crippen LogP contribution in [0.2, 0.25) is 5.02 Å². The third-order valence-electron chi connectivity index (χ3n) is 4.07. The molecule has 0 radical (unpaired) electrons. The van der Waals surface area contributed by atoms with Crippen LogP contribution < -0.4 is 0 Å². The van der Waals surface area contributed by atoms with Crippen LogP contribution in [0.1, 0.15) is 22.3 Å². The molecule has 0 aliphatic rings. The maximum absolute atomic E-state index is 14.4. The van der Waals surface area contributed by atoms with Crippen LogP contribution in [-0.4, -0.2) is 28.1 Å². The van der Waals surface area contributed by atoms with Gasteiger partial charge in [0.1, 0.15) is 28.7 Å². The van der Waals surface area contributed by atoms with Crippen LogP contribution in [0.4, 0.5) is 8.78 Å². The SMILES string of the molecule is Cc1ccc(F)c(CN(C)C(=O)/C(C#N)=C(\O)c2cc(C#N)c(O)c(Cl)c2F)c1. The summed E-state index contributed by atoms with van der Waals surface area (Å²) in [6, 6.07) is 8.11. The number of hydrogen-bond acceptors (Lipinski definition) is 5. The molecule has 29 heavy (non-hydrogen) atoms. The maximum Gasteiger partial charge on any atom is 0.268 e. The summed E-state index contributed by atoms with van der Waals surface area (Å²) in [5, 5.41) is 37.4. The Hall–Kier alpha value is -3.62. The molecule has 0 fully saturated rings. The average Bonchev–Trinajstić information content (AvgIpc) is 2.69. The quantitative estimate of drug-likeness (QED) is 0.444. The number of nitrogens with zero attached hydrogens (tertiary/aromatic N) is 3. The van der Waals surface area contributed by atoms with E-state index in [0.717, 1.165) is 16.5 Å². The van der Waals surface area contributed by atoms with Gasteiger partial charge in [-0.3, -0.25) is 4.79 Å². The number of likely N-dealkylation sites (N-methyl/N-ethyl adjacent to an activating group) is 1. The molecule has 0 aliphatic carbocycles. The summed E-state index contributed by atoms with van der Waals surface area (Å²) in [6.45, 7) is 1.52. The number of nitriles is 2. The van der Waals surface area contributed by atoms with Crippen LogP contribution in [0.15, 0.2) is 29.8 Å². The summed E-state index contributed by atoms with van der Waals surface area (Å²) in [5.74, 6) is -4.77. The molecule has 0 aromatic heterocycles. The Morgan fingerprint density at radius 2 is 1.93 bits per heavy atom. The lowest BCUT2D eigenvalue weighted by molar-refractivity contribution is -0.126. The first-order chi connectivity index (χ1) is 13.6. The van der Waals surface area contributed by atoms with Gasteiger partial charge < -0.3 is 15.1 Å². The third kappa shape index (κ3) is 4.29. The van der Waals surface area contributed by atoms with E-state index in [2.05, 4.69) is 0 Å². The van der Waals surface area contributed by atoms with Crippen LogP contribution in [0.3, 0.4) is 0 Å². The second-order valence-electron chi connectivity index (χ2n) is 6.15. The van der Waals surface area contributed by atoms with Gasteiger partial charge >= 0.3 is 0 Å². The monoisotopic (exact) mass is 417 g/mol. The van der Waals surface area contributed by atoms with Gasteiger partial charge in [-0.25, -0.2) is 8.78 Å². The highest BCUT2D eigenvalue weighted by Crippen LogP contribution is 2.35. The Balaban J connectivity index is 2.49. The van der Waals surface area contributed by atoms with E-state index >= 15 is 0 Å². The largest absolute Gasteiger partial charge is 0.506 e. The number of aryl methyl sites for hydroxylation is 1. The fraction of sp³-hybridized carbons (Fsp3) is 0.150. The lowest BCUT2D eigenvalue weighted by Gasteiger charge is -2.18. The van der Waals surface area contributed by atoms with Gasteiger partial charge in [-0.05, 0) is 19.1 Å². The predicted octanol–water partition coefficient (Wildman–Crippen LogP) is 3.96. The Bertz CT molecular complexity index is 1120. The van der Waals surface area contributed by atoms with E-state index in [1.807, 2.05) is 0 Å². The van der Waals surface area contributed by atoms with Crippen molar-refractivity contribution < 1.29 is 23.8 Å². The van der Waals surface area contributed by atoms with Gasteiger partial charge in [-0.2, -0.15) is 10.5 Å². The van der Waals surface area contributed by atoms with E-state index in [1.54, 1.807) is 19.1 Å². The molecule has 6 nitrogen and oxygen atoms in total. The van der Waals surface area contributed by atoms with E-state index in [1.165, 1.54) is 25.2 Å². The number of phenols is 1. The molecular formula is C20H14ClF2N3O3. The number of benzene rings is 2. The van der Waals surface area contributed by atoms with Crippen molar-refractivity contribution in [2.45, 2.75) is 13.5 Å². The standard InChI is InChI=1S/C20H14ClF2N3O3/c1-10-3-4-15(22)12(5-10)9-26(2)20(29)14(8-25)19(28)13-6-11(7-24)18(27)16(21)17(13)23/h3-6,27-28H,9H2,1-2H3/b19-14-. The molecule has 2 N–H and O–H groups in total. The number of rotatable bonds is 4. The number of aliphatic hydroxyl groups is 1. The molecule has 148 valence electrons. The van der Waals surface area contributed by atoms with Crippen molar-refractivity contribution in [2.24, 2.45) is 0 Å². The first kappa shape index (κ1) is 21.7. The van der Waals surface area contributed by atoms with Crippen molar-refractivity contribution in [3.05, 3.63) is 68.7 Å². The Morgan fingerprint density at radius 3 is 2.52 bits per heavy atom. The Morgan fingerprint density at radius 1 is 1.28 bits per heavy atom. The van der Waals surface area contributed by atoms with E-state index in [4.69, 9.17) is 16.9 Å². The highest BCUT2D eigenvalue weighted by Gasteiger charge is 2.26. The van der Waals surface area contributed by atoms with E-state index in [9.17, 15) is 29.1 Å². The number of phenolic OH excluding ortho intramolecular Hbond substituents is 1. The summed E-state index contributed by atoms with van der Waals surface area (Å²) < 4.78 is 28.3. The lowest BCUT2D eigenvalue weighted by Crippen LogP contribution is -2.28. The zero-order valence-electron chi connectivity index (χ0n) is 15.3. The van der Waals surface area contributed by atoms with Gasteiger partial charge in [0.25, 0.3) is 5.91 Å². The number of aromatic hydroxyl groups is 1. The van der Waals surface area contributed by atoms with Gasteiger partial charge in [-0.15, -0.1) is 0 Å². The molecule has 0 heterocycles. The van der Waals surface area contributed by atoms with Gasteiger partial charge in [0, 0.05) is 19.2 Å². The number of amides is 1. The molecule has 0 unspecified atom stereocenters. The first-order valence-electron chi connectivity index (χ1n) is 8.07. The summed E-state index contributed by atoms with van der Waals surface area (Å²) in [4.78, 5) is 13.6. The van der Waals surface area contributed by atoms with Crippen molar-refractivity contribution in [3.8, 4) is 17.9 Å². The van der Waals surface area contributed by atoms with Crippen molar-refractivity contribution in [3.63, 3.8) is 0 Å². The molecular weight excluding hydrogens is 404 g/mol. The maximum atomic E-state index is 14.4. The first-order valence-corrected chi connectivity index (χ1v) is 8.45. The number of carbonyl (C=O) groups excluding carboxylic acids is 1. The predicted molar refractivity (Wildman–Crippen MR) is 101 cm³/mol. The summed E-state index contributed by atoms with van der Waals surface area (Å²) in [6.07, 6.45) is 0. The average molecular weight is 418 g/mol. The minimum absolute atomic E-state index is 0.184. The number of carbonyl (C=O) groups is 1. The van der Waals surface area contributed by atoms with Gasteiger partial charge in [0.05, 0.1) is 11.1 Å². The zero-order valence-corrected chi connectivity index (χ0v) is 16.1. The van der Waals surface area contributed by atoms with Crippen LogP contribution in [0.25, 0.3) is 5.76 Å². The topological polar surface area (TPSA) is 108 Å². The molecule has 0 saturated heterocycles. The lowest BCUT2D eigenvalue weighted by atomic mass is 10.0.